The Morgan fingerprint density at radius 2 is 1.87 bits per heavy atom. The molecule has 0 bridgehead atoms. The van der Waals surface area contributed by atoms with Crippen molar-refractivity contribution in [1.82, 2.24) is 9.88 Å². The number of piperidine rings is 1. The van der Waals surface area contributed by atoms with Crippen LogP contribution in [0.5, 0.6) is 0 Å². The lowest BCUT2D eigenvalue weighted by atomic mass is 9.73. The maximum absolute atomic E-state index is 11.5. The van der Waals surface area contributed by atoms with Crippen molar-refractivity contribution in [3.63, 3.8) is 0 Å². The molecule has 1 aliphatic rings. The van der Waals surface area contributed by atoms with E-state index in [2.05, 4.69) is 67.1 Å². The number of aromatic amines is 1. The molecule has 1 aliphatic heterocycles. The van der Waals surface area contributed by atoms with E-state index in [1.807, 2.05) is 12.1 Å². The molecule has 0 unspecified atom stereocenters. The highest BCUT2D eigenvalue weighted by Crippen LogP contribution is 2.41. The maximum atomic E-state index is 11.5. The van der Waals surface area contributed by atoms with Crippen LogP contribution in [-0.2, 0) is 16.7 Å². The minimum absolute atomic E-state index is 0.138. The number of rotatable bonds is 8. The molecule has 166 valence electrons. The molecular weight excluding hydrogens is 388 g/mol. The lowest BCUT2D eigenvalue weighted by Gasteiger charge is -2.48. The number of H-pyrrole nitrogens is 1. The number of aromatic nitrogens is 1. The summed E-state index contributed by atoms with van der Waals surface area (Å²) in [5.41, 5.74) is 4.05. The van der Waals surface area contributed by atoms with Crippen LogP contribution in [0.2, 0.25) is 0 Å². The molecule has 3 aromatic rings. The highest BCUT2D eigenvalue weighted by atomic mass is 16.5. The monoisotopic (exact) mass is 422 g/mol. The number of nitrogens with zero attached hydrogens (tertiary/aromatic N) is 1. The molecular formula is C26H34N2O3. The van der Waals surface area contributed by atoms with Crippen molar-refractivity contribution in [3.05, 3.63) is 70.2 Å². The van der Waals surface area contributed by atoms with E-state index in [0.29, 0.717) is 5.58 Å². The molecule has 1 aromatic heterocycles. The van der Waals surface area contributed by atoms with E-state index in [4.69, 9.17) is 9.15 Å². The molecule has 0 aliphatic carbocycles. The summed E-state index contributed by atoms with van der Waals surface area (Å²) in [7, 11) is 0. The van der Waals surface area contributed by atoms with E-state index in [1.165, 1.54) is 11.1 Å². The number of hydrogen-bond donors (Lipinski definition) is 1. The molecule has 2 aromatic carbocycles. The highest BCUT2D eigenvalue weighted by Gasteiger charge is 2.39. The van der Waals surface area contributed by atoms with Crippen molar-refractivity contribution in [2.75, 3.05) is 26.3 Å². The van der Waals surface area contributed by atoms with Gasteiger partial charge in [0.05, 0.1) is 12.1 Å². The van der Waals surface area contributed by atoms with Gasteiger partial charge < -0.3 is 9.15 Å². The first-order valence-corrected chi connectivity index (χ1v) is 11.4. The van der Waals surface area contributed by atoms with Gasteiger partial charge in [-0.25, -0.2) is 4.79 Å². The second-order valence-corrected chi connectivity index (χ2v) is 9.39. The summed E-state index contributed by atoms with van der Waals surface area (Å²) in [6.07, 6.45) is 4.52. The largest absolute Gasteiger partial charge is 0.417 e. The lowest BCUT2D eigenvalue weighted by Crippen LogP contribution is -2.50. The second-order valence-electron chi connectivity index (χ2n) is 9.39. The van der Waals surface area contributed by atoms with E-state index in [-0.39, 0.29) is 11.0 Å². The third-order valence-electron chi connectivity index (χ3n) is 7.14. The van der Waals surface area contributed by atoms with Gasteiger partial charge in [0.15, 0.2) is 5.58 Å². The first kappa shape index (κ1) is 21.8. The molecule has 0 radical (unpaired) electrons. The molecule has 1 N–H and O–H groups in total. The zero-order valence-electron chi connectivity index (χ0n) is 18.9. The van der Waals surface area contributed by atoms with Crippen molar-refractivity contribution in [3.8, 4) is 0 Å². The molecule has 0 saturated carbocycles. The number of ether oxygens (including phenoxy) is 1. The zero-order chi connectivity index (χ0) is 21.9. The number of benzene rings is 2. The van der Waals surface area contributed by atoms with Crippen molar-refractivity contribution in [1.29, 1.82) is 0 Å². The van der Waals surface area contributed by atoms with Gasteiger partial charge >= 0.3 is 5.76 Å². The minimum atomic E-state index is -0.401. The molecule has 5 nitrogen and oxygen atoms in total. The van der Waals surface area contributed by atoms with Crippen molar-refractivity contribution >= 4 is 11.1 Å². The van der Waals surface area contributed by atoms with Gasteiger partial charge in [-0.1, -0.05) is 36.4 Å². The molecule has 0 atom stereocenters. The van der Waals surface area contributed by atoms with Gasteiger partial charge in [-0.15, -0.1) is 0 Å². The van der Waals surface area contributed by atoms with E-state index in [0.717, 1.165) is 57.5 Å². The number of oxazole rings is 1. The summed E-state index contributed by atoms with van der Waals surface area (Å²) in [4.78, 5) is 16.8. The number of likely N-dealkylation sites (tertiary alicyclic amines) is 1. The molecule has 31 heavy (non-hydrogen) atoms. The normalized spacial score (nSPS) is 17.3. The number of hydrogen-bond acceptors (Lipinski definition) is 4. The third-order valence-corrected chi connectivity index (χ3v) is 7.14. The summed E-state index contributed by atoms with van der Waals surface area (Å²) in [6.45, 7) is 10.3. The van der Waals surface area contributed by atoms with Crippen LogP contribution < -0.4 is 5.76 Å². The Morgan fingerprint density at radius 3 is 2.58 bits per heavy atom. The summed E-state index contributed by atoms with van der Waals surface area (Å²) in [5.74, 6) is -0.401. The molecule has 2 heterocycles. The molecule has 1 saturated heterocycles. The SMILES string of the molecule is CCOCC1(CCc2ccccc2)CCN(C(C)(C)c2ccc3[nH]c(=O)oc3c2)CC1. The highest BCUT2D eigenvalue weighted by molar-refractivity contribution is 5.73. The van der Waals surface area contributed by atoms with Gasteiger partial charge in [0, 0.05) is 12.1 Å². The zero-order valence-corrected chi connectivity index (χ0v) is 18.9. The summed E-state index contributed by atoms with van der Waals surface area (Å²) in [6, 6.07) is 16.8. The quantitative estimate of drug-likeness (QED) is 0.548. The second kappa shape index (κ2) is 9.01. The predicted octanol–water partition coefficient (Wildman–Crippen LogP) is 5.11. The van der Waals surface area contributed by atoms with Crippen LogP contribution in [0.25, 0.3) is 11.1 Å². The number of fused-ring (bicyclic) bond motifs is 1. The van der Waals surface area contributed by atoms with Crippen LogP contribution in [0.15, 0.2) is 57.7 Å². The van der Waals surface area contributed by atoms with Crippen LogP contribution >= 0.6 is 0 Å². The Bertz CT molecular complexity index is 1040. The Hall–Kier alpha value is -2.37. The van der Waals surface area contributed by atoms with Gasteiger partial charge in [-0.2, -0.15) is 0 Å². The van der Waals surface area contributed by atoms with E-state index in [1.54, 1.807) is 0 Å². The van der Waals surface area contributed by atoms with Crippen molar-refractivity contribution < 1.29 is 9.15 Å². The third kappa shape index (κ3) is 4.78. The molecule has 0 spiro atoms. The Balaban J connectivity index is 1.47. The topological polar surface area (TPSA) is 58.5 Å². The molecule has 4 rings (SSSR count). The molecule has 1 fully saturated rings. The molecule has 5 heteroatoms. The first-order chi connectivity index (χ1) is 14.9. The Labute approximate surface area is 184 Å². The first-order valence-electron chi connectivity index (χ1n) is 11.4. The average molecular weight is 423 g/mol. The van der Waals surface area contributed by atoms with E-state index < -0.39 is 5.76 Å². The van der Waals surface area contributed by atoms with Gasteiger partial charge in [0.1, 0.15) is 0 Å². The summed E-state index contributed by atoms with van der Waals surface area (Å²) in [5, 5.41) is 0. The maximum Gasteiger partial charge on any atom is 0.417 e. The van der Waals surface area contributed by atoms with Gasteiger partial charge in [-0.05, 0) is 88.2 Å². The standard InChI is InChI=1S/C26H34N2O3/c1-4-30-19-26(13-12-20-8-6-5-7-9-20)14-16-28(17-15-26)25(2,3)21-10-11-22-23(18-21)31-24(29)27-22/h5-11,18H,4,12-17,19H2,1-3H3,(H,27,29). The number of aryl methyl sites for hydroxylation is 1. The average Bonchev–Trinajstić information content (AvgIpc) is 3.17. The summed E-state index contributed by atoms with van der Waals surface area (Å²) < 4.78 is 11.3. The van der Waals surface area contributed by atoms with Crippen LogP contribution in [0.3, 0.4) is 0 Å². The Kier molecular flexibility index (Phi) is 6.35. The van der Waals surface area contributed by atoms with E-state index >= 15 is 0 Å². The lowest BCUT2D eigenvalue weighted by molar-refractivity contribution is -0.0258. The fourth-order valence-corrected chi connectivity index (χ4v) is 4.89. The van der Waals surface area contributed by atoms with Crippen LogP contribution in [-0.4, -0.2) is 36.2 Å². The van der Waals surface area contributed by atoms with Crippen LogP contribution in [0.4, 0.5) is 0 Å². The van der Waals surface area contributed by atoms with Gasteiger partial charge in [-0.3, -0.25) is 9.88 Å². The summed E-state index contributed by atoms with van der Waals surface area (Å²) >= 11 is 0. The van der Waals surface area contributed by atoms with E-state index in [9.17, 15) is 4.79 Å². The smallest absolute Gasteiger partial charge is 0.408 e. The van der Waals surface area contributed by atoms with Gasteiger partial charge in [0.2, 0.25) is 0 Å². The van der Waals surface area contributed by atoms with Crippen molar-refractivity contribution in [2.24, 2.45) is 5.41 Å². The number of nitrogens with one attached hydrogen (secondary N) is 1. The van der Waals surface area contributed by atoms with Gasteiger partial charge in [0.25, 0.3) is 0 Å². The fourth-order valence-electron chi connectivity index (χ4n) is 4.89. The minimum Gasteiger partial charge on any atom is -0.408 e. The Morgan fingerprint density at radius 1 is 1.13 bits per heavy atom. The fraction of sp³-hybridized carbons (Fsp3) is 0.500. The predicted molar refractivity (Wildman–Crippen MR) is 124 cm³/mol. The van der Waals surface area contributed by atoms with Crippen LogP contribution in [0, 0.1) is 5.41 Å². The molecule has 0 amide bonds. The van der Waals surface area contributed by atoms with Crippen molar-refractivity contribution in [2.45, 2.75) is 52.0 Å². The van der Waals surface area contributed by atoms with Crippen LogP contribution in [0.1, 0.15) is 51.2 Å².